The minimum atomic E-state index is -0.190. The van der Waals surface area contributed by atoms with Gasteiger partial charge in [0.1, 0.15) is 0 Å². The van der Waals surface area contributed by atoms with Crippen molar-refractivity contribution in [3.8, 4) is 0 Å². The molecule has 0 saturated heterocycles. The molecule has 0 unspecified atom stereocenters. The summed E-state index contributed by atoms with van der Waals surface area (Å²) in [6, 6.07) is 21.9. The number of carbonyl (C=O) groups is 1. The number of nitrogens with zero attached hydrogens (tertiary/aromatic N) is 1. The Morgan fingerprint density at radius 3 is 2.71 bits per heavy atom. The highest BCUT2D eigenvalue weighted by Crippen LogP contribution is 2.22. The molecule has 0 bridgehead atoms. The lowest BCUT2D eigenvalue weighted by atomic mass is 10.1. The molecule has 0 aromatic heterocycles. The molecule has 5 heteroatoms. The quantitative estimate of drug-likeness (QED) is 0.366. The molecule has 0 aliphatic heterocycles. The SMILES string of the molecule is O=C(CNc1cccc2ccccc12)N/N=C\c1cccc(I)c1. The lowest BCUT2D eigenvalue weighted by molar-refractivity contribution is -0.119. The van der Waals surface area contributed by atoms with Crippen LogP contribution >= 0.6 is 22.6 Å². The summed E-state index contributed by atoms with van der Waals surface area (Å²) in [5.74, 6) is -0.190. The van der Waals surface area contributed by atoms with Gasteiger partial charge in [-0.25, -0.2) is 5.43 Å². The molecule has 4 nitrogen and oxygen atoms in total. The zero-order chi connectivity index (χ0) is 16.8. The number of halogens is 1. The Morgan fingerprint density at radius 1 is 1.04 bits per heavy atom. The van der Waals surface area contributed by atoms with Crippen LogP contribution in [0.4, 0.5) is 5.69 Å². The van der Waals surface area contributed by atoms with Gasteiger partial charge in [-0.3, -0.25) is 4.79 Å². The molecule has 0 spiro atoms. The molecule has 1 amide bonds. The van der Waals surface area contributed by atoms with Crippen molar-refractivity contribution in [3.05, 3.63) is 75.9 Å². The molecule has 0 radical (unpaired) electrons. The molecule has 0 fully saturated rings. The van der Waals surface area contributed by atoms with Gasteiger partial charge in [-0.1, -0.05) is 48.5 Å². The van der Waals surface area contributed by atoms with E-state index >= 15 is 0 Å². The smallest absolute Gasteiger partial charge is 0.259 e. The number of rotatable bonds is 5. The normalized spacial score (nSPS) is 10.9. The van der Waals surface area contributed by atoms with Gasteiger partial charge in [0.05, 0.1) is 12.8 Å². The molecule has 0 atom stereocenters. The Kier molecular flexibility index (Phi) is 5.43. The maximum absolute atomic E-state index is 11.9. The minimum absolute atomic E-state index is 0.164. The summed E-state index contributed by atoms with van der Waals surface area (Å²) >= 11 is 2.24. The molecule has 0 aliphatic rings. The van der Waals surface area contributed by atoms with Gasteiger partial charge < -0.3 is 5.32 Å². The van der Waals surface area contributed by atoms with E-state index in [9.17, 15) is 4.79 Å². The predicted octanol–water partition coefficient (Wildman–Crippen LogP) is 4.01. The van der Waals surface area contributed by atoms with Crippen molar-refractivity contribution in [1.29, 1.82) is 0 Å². The Bertz CT molecular complexity index is 887. The second kappa shape index (κ2) is 7.92. The van der Waals surface area contributed by atoms with E-state index in [0.717, 1.165) is 25.6 Å². The van der Waals surface area contributed by atoms with E-state index in [-0.39, 0.29) is 12.5 Å². The first-order chi connectivity index (χ1) is 11.7. The predicted molar refractivity (Wildman–Crippen MR) is 107 cm³/mol. The second-order valence-electron chi connectivity index (χ2n) is 5.23. The van der Waals surface area contributed by atoms with Gasteiger partial charge in [-0.05, 0) is 51.7 Å². The van der Waals surface area contributed by atoms with Crippen LogP contribution in [0.15, 0.2) is 71.8 Å². The maximum Gasteiger partial charge on any atom is 0.259 e. The van der Waals surface area contributed by atoms with Crippen LogP contribution in [0.25, 0.3) is 10.8 Å². The highest BCUT2D eigenvalue weighted by Gasteiger charge is 2.03. The standard InChI is InChI=1S/C19H16IN3O/c20-16-8-3-5-14(11-16)12-22-23-19(24)13-21-18-10-4-7-15-6-1-2-9-17(15)18/h1-12,21H,13H2,(H,23,24)/b22-12-. The Balaban J connectivity index is 1.57. The van der Waals surface area contributed by atoms with Crippen LogP contribution in [-0.4, -0.2) is 18.7 Å². The van der Waals surface area contributed by atoms with Crippen molar-refractivity contribution in [2.24, 2.45) is 5.10 Å². The number of fused-ring (bicyclic) bond motifs is 1. The van der Waals surface area contributed by atoms with Crippen molar-refractivity contribution in [1.82, 2.24) is 5.43 Å². The van der Waals surface area contributed by atoms with Crippen LogP contribution in [0.5, 0.6) is 0 Å². The number of carbonyl (C=O) groups excluding carboxylic acids is 1. The Hall–Kier alpha value is -2.41. The Labute approximate surface area is 154 Å². The van der Waals surface area contributed by atoms with Gasteiger partial charge in [0.2, 0.25) is 0 Å². The number of hydrogen-bond donors (Lipinski definition) is 2. The average molecular weight is 429 g/mol. The summed E-state index contributed by atoms with van der Waals surface area (Å²) in [5, 5.41) is 9.38. The lowest BCUT2D eigenvalue weighted by Gasteiger charge is -2.08. The molecule has 24 heavy (non-hydrogen) atoms. The van der Waals surface area contributed by atoms with E-state index in [1.165, 1.54) is 0 Å². The molecular formula is C19H16IN3O. The van der Waals surface area contributed by atoms with Gasteiger partial charge >= 0.3 is 0 Å². The zero-order valence-corrected chi connectivity index (χ0v) is 15.0. The summed E-state index contributed by atoms with van der Waals surface area (Å²) < 4.78 is 1.13. The summed E-state index contributed by atoms with van der Waals surface area (Å²) in [6.07, 6.45) is 1.64. The third-order valence-corrected chi connectivity index (χ3v) is 4.15. The molecule has 0 saturated carbocycles. The van der Waals surface area contributed by atoms with Crippen LogP contribution in [0, 0.1) is 3.57 Å². The monoisotopic (exact) mass is 429 g/mol. The lowest BCUT2D eigenvalue weighted by Crippen LogP contribution is -2.25. The van der Waals surface area contributed by atoms with E-state index in [0.29, 0.717) is 0 Å². The number of anilines is 1. The first-order valence-corrected chi connectivity index (χ1v) is 8.59. The molecular weight excluding hydrogens is 413 g/mol. The van der Waals surface area contributed by atoms with E-state index in [1.54, 1.807) is 6.21 Å². The maximum atomic E-state index is 11.9. The summed E-state index contributed by atoms with van der Waals surface area (Å²) in [5.41, 5.74) is 4.42. The highest BCUT2D eigenvalue weighted by molar-refractivity contribution is 14.1. The Morgan fingerprint density at radius 2 is 1.83 bits per heavy atom. The highest BCUT2D eigenvalue weighted by atomic mass is 127. The number of hydrazone groups is 1. The van der Waals surface area contributed by atoms with Gasteiger partial charge in [0.25, 0.3) is 5.91 Å². The van der Waals surface area contributed by atoms with E-state index in [4.69, 9.17) is 0 Å². The fraction of sp³-hybridized carbons (Fsp3) is 0.0526. The van der Waals surface area contributed by atoms with Crippen LogP contribution in [0.2, 0.25) is 0 Å². The number of nitrogens with one attached hydrogen (secondary N) is 2. The zero-order valence-electron chi connectivity index (χ0n) is 12.9. The molecule has 3 aromatic carbocycles. The number of benzene rings is 3. The van der Waals surface area contributed by atoms with Crippen molar-refractivity contribution >= 4 is 51.2 Å². The first kappa shape index (κ1) is 16.4. The van der Waals surface area contributed by atoms with E-state index in [1.807, 2.05) is 66.7 Å². The van der Waals surface area contributed by atoms with E-state index < -0.39 is 0 Å². The van der Waals surface area contributed by atoms with Crippen molar-refractivity contribution in [2.45, 2.75) is 0 Å². The fourth-order valence-electron chi connectivity index (χ4n) is 2.36. The van der Waals surface area contributed by atoms with Gasteiger partial charge in [-0.15, -0.1) is 0 Å². The van der Waals surface area contributed by atoms with Crippen molar-refractivity contribution < 1.29 is 4.79 Å². The summed E-state index contributed by atoms with van der Waals surface area (Å²) in [6.45, 7) is 0.164. The van der Waals surface area contributed by atoms with Gasteiger partial charge in [0.15, 0.2) is 0 Å². The molecule has 3 aromatic rings. The number of amides is 1. The summed E-state index contributed by atoms with van der Waals surface area (Å²) in [7, 11) is 0. The summed E-state index contributed by atoms with van der Waals surface area (Å²) in [4.78, 5) is 11.9. The molecule has 0 heterocycles. The van der Waals surface area contributed by atoms with Crippen LogP contribution < -0.4 is 10.7 Å². The third-order valence-electron chi connectivity index (χ3n) is 3.48. The number of hydrogen-bond acceptors (Lipinski definition) is 3. The third kappa shape index (κ3) is 4.32. The van der Waals surface area contributed by atoms with Crippen LogP contribution in [0.1, 0.15) is 5.56 Å². The molecule has 2 N–H and O–H groups in total. The first-order valence-electron chi connectivity index (χ1n) is 7.51. The van der Waals surface area contributed by atoms with Crippen molar-refractivity contribution in [2.75, 3.05) is 11.9 Å². The van der Waals surface area contributed by atoms with E-state index in [2.05, 4.69) is 38.4 Å². The topological polar surface area (TPSA) is 53.5 Å². The second-order valence-corrected chi connectivity index (χ2v) is 6.47. The van der Waals surface area contributed by atoms with Gasteiger partial charge in [-0.2, -0.15) is 5.10 Å². The van der Waals surface area contributed by atoms with Crippen LogP contribution in [0.3, 0.4) is 0 Å². The molecule has 120 valence electrons. The minimum Gasteiger partial charge on any atom is -0.376 e. The van der Waals surface area contributed by atoms with Crippen molar-refractivity contribution in [3.63, 3.8) is 0 Å². The fourth-order valence-corrected chi connectivity index (χ4v) is 2.93. The molecule has 3 rings (SSSR count). The van der Waals surface area contributed by atoms with Gasteiger partial charge in [0, 0.05) is 14.6 Å². The largest absolute Gasteiger partial charge is 0.376 e. The average Bonchev–Trinajstić information content (AvgIpc) is 2.60. The molecule has 0 aliphatic carbocycles. The van der Waals surface area contributed by atoms with Crippen LogP contribution in [-0.2, 0) is 4.79 Å².